The fourth-order valence-electron chi connectivity index (χ4n) is 6.68. The predicted molar refractivity (Wildman–Crippen MR) is 209 cm³/mol. The number of ether oxygens (including phenoxy) is 1. The molecule has 0 radical (unpaired) electrons. The van der Waals surface area contributed by atoms with Crippen molar-refractivity contribution in [1.29, 1.82) is 0 Å². The molecule has 9 nitrogen and oxygen atoms in total. The summed E-state index contributed by atoms with van der Waals surface area (Å²) in [5, 5.41) is 12.3. The number of aliphatic carboxylic acids is 1. The molecule has 0 bridgehead atoms. The first-order valence-electron chi connectivity index (χ1n) is 19.1. The van der Waals surface area contributed by atoms with Gasteiger partial charge < -0.3 is 20.1 Å². The van der Waals surface area contributed by atoms with Gasteiger partial charge in [0.05, 0.1) is 6.61 Å². The van der Waals surface area contributed by atoms with E-state index in [1.54, 1.807) is 4.90 Å². The van der Waals surface area contributed by atoms with Crippen LogP contribution in [0.15, 0.2) is 85.2 Å². The molecule has 4 aromatic rings. The van der Waals surface area contributed by atoms with E-state index in [-0.39, 0.29) is 36.0 Å². The second-order valence-electron chi connectivity index (χ2n) is 14.9. The maximum atomic E-state index is 13.9. The standard InChI is InChI=1S/C44H54N4O5/c1-5-7-8-9-10-25-53-38-21-17-33(18-22-38)36-28-45-41(46-29-36)34-13-11-31(12-14-34)26-39(43(52)48-24-23-32(30-48)27-40(49)50)47-42(51)35-15-19-37(20-16-35)44(3,4)6-2/h11-22,28-29,32,39H,5-10,23-27,30H2,1-4H3,(H,47,51)(H,49,50)/t32-,39+/m1/s1. The highest BCUT2D eigenvalue weighted by molar-refractivity contribution is 5.97. The van der Waals surface area contributed by atoms with Gasteiger partial charge in [0.2, 0.25) is 5.91 Å². The Bertz CT molecular complexity index is 1790. The van der Waals surface area contributed by atoms with Crippen molar-refractivity contribution in [2.75, 3.05) is 19.7 Å². The van der Waals surface area contributed by atoms with Crippen molar-refractivity contribution < 1.29 is 24.2 Å². The molecule has 1 aliphatic heterocycles. The Morgan fingerprint density at radius 3 is 2.17 bits per heavy atom. The molecule has 9 heteroatoms. The number of nitrogens with one attached hydrogen (secondary N) is 1. The molecule has 1 saturated heterocycles. The number of likely N-dealkylation sites (tertiary alicyclic amines) is 1. The lowest BCUT2D eigenvalue weighted by Crippen LogP contribution is -2.49. The van der Waals surface area contributed by atoms with Crippen molar-refractivity contribution in [3.63, 3.8) is 0 Å². The molecule has 2 atom stereocenters. The van der Waals surface area contributed by atoms with Crippen LogP contribution in [0.4, 0.5) is 0 Å². The highest BCUT2D eigenvalue weighted by Gasteiger charge is 2.33. The minimum absolute atomic E-state index is 0.0102. The number of rotatable bonds is 18. The molecule has 1 fully saturated rings. The van der Waals surface area contributed by atoms with E-state index in [9.17, 15) is 19.5 Å². The number of carbonyl (C=O) groups excluding carboxylic acids is 2. The molecule has 0 aliphatic carbocycles. The molecular formula is C44H54N4O5. The van der Waals surface area contributed by atoms with Crippen LogP contribution >= 0.6 is 0 Å². The lowest BCUT2D eigenvalue weighted by Gasteiger charge is -2.25. The quantitative estimate of drug-likeness (QED) is 0.0990. The Labute approximate surface area is 314 Å². The van der Waals surface area contributed by atoms with Crippen LogP contribution in [0.3, 0.4) is 0 Å². The Balaban J connectivity index is 1.24. The third-order valence-corrected chi connectivity index (χ3v) is 10.5. The van der Waals surface area contributed by atoms with Crippen LogP contribution in [0.25, 0.3) is 22.5 Å². The van der Waals surface area contributed by atoms with E-state index in [2.05, 4.69) is 43.0 Å². The second-order valence-corrected chi connectivity index (χ2v) is 14.9. The summed E-state index contributed by atoms with van der Waals surface area (Å²) in [6, 6.07) is 22.5. The third kappa shape index (κ3) is 11.0. The molecule has 0 spiro atoms. The first-order chi connectivity index (χ1) is 25.6. The van der Waals surface area contributed by atoms with Gasteiger partial charge in [0.15, 0.2) is 5.82 Å². The van der Waals surface area contributed by atoms with Gasteiger partial charge >= 0.3 is 5.97 Å². The Morgan fingerprint density at radius 1 is 0.868 bits per heavy atom. The number of amides is 2. The minimum atomic E-state index is -0.870. The van der Waals surface area contributed by atoms with Gasteiger partial charge in [0.1, 0.15) is 11.8 Å². The molecule has 5 rings (SSSR count). The largest absolute Gasteiger partial charge is 0.494 e. The van der Waals surface area contributed by atoms with E-state index in [4.69, 9.17) is 4.74 Å². The van der Waals surface area contributed by atoms with Crippen LogP contribution in [0.2, 0.25) is 0 Å². The molecule has 2 amide bonds. The van der Waals surface area contributed by atoms with Gasteiger partial charge in [0, 0.05) is 55.0 Å². The lowest BCUT2D eigenvalue weighted by atomic mass is 9.82. The zero-order chi connectivity index (χ0) is 37.8. The fourth-order valence-corrected chi connectivity index (χ4v) is 6.68. The van der Waals surface area contributed by atoms with Crippen LogP contribution in [0, 0.1) is 5.92 Å². The molecule has 280 valence electrons. The fraction of sp³-hybridized carbons (Fsp3) is 0.432. The Kier molecular flexibility index (Phi) is 13.8. The van der Waals surface area contributed by atoms with Crippen molar-refractivity contribution in [2.45, 2.75) is 96.9 Å². The Hall–Kier alpha value is -5.05. The van der Waals surface area contributed by atoms with Crippen molar-refractivity contribution >= 4 is 17.8 Å². The van der Waals surface area contributed by atoms with E-state index in [1.807, 2.05) is 85.2 Å². The van der Waals surface area contributed by atoms with Crippen molar-refractivity contribution in [1.82, 2.24) is 20.2 Å². The molecule has 53 heavy (non-hydrogen) atoms. The number of hydrogen-bond acceptors (Lipinski definition) is 6. The SMILES string of the molecule is CCCCCCCOc1ccc(-c2cnc(-c3ccc(C[C@H](NC(=O)c4ccc(C(C)(C)CC)cc4)C(=O)N4CC[C@H](CC(=O)O)C4)cc3)nc2)cc1. The zero-order valence-corrected chi connectivity index (χ0v) is 31.6. The van der Waals surface area contributed by atoms with Crippen LogP contribution in [0.5, 0.6) is 5.75 Å². The summed E-state index contributed by atoms with van der Waals surface area (Å²) in [4.78, 5) is 49.6. The van der Waals surface area contributed by atoms with Gasteiger partial charge in [0.25, 0.3) is 5.91 Å². The molecule has 3 aromatic carbocycles. The number of carbonyl (C=O) groups is 3. The highest BCUT2D eigenvalue weighted by atomic mass is 16.5. The maximum absolute atomic E-state index is 13.9. The summed E-state index contributed by atoms with van der Waals surface area (Å²) >= 11 is 0. The molecule has 2 heterocycles. The first-order valence-corrected chi connectivity index (χ1v) is 19.1. The highest BCUT2D eigenvalue weighted by Crippen LogP contribution is 2.28. The summed E-state index contributed by atoms with van der Waals surface area (Å²) in [6.07, 6.45) is 11.5. The monoisotopic (exact) mass is 718 g/mol. The predicted octanol–water partition coefficient (Wildman–Crippen LogP) is 8.51. The van der Waals surface area contributed by atoms with E-state index in [1.165, 1.54) is 25.7 Å². The number of nitrogens with zero attached hydrogens (tertiary/aromatic N) is 3. The average molecular weight is 719 g/mol. The van der Waals surface area contributed by atoms with E-state index in [0.717, 1.165) is 53.0 Å². The Morgan fingerprint density at radius 2 is 1.53 bits per heavy atom. The number of aromatic nitrogens is 2. The molecule has 2 N–H and O–H groups in total. The lowest BCUT2D eigenvalue weighted by molar-refractivity contribution is -0.138. The second kappa shape index (κ2) is 18.6. The molecule has 0 unspecified atom stereocenters. The molecule has 1 aliphatic rings. The number of carboxylic acids is 1. The van der Waals surface area contributed by atoms with Crippen LogP contribution < -0.4 is 10.1 Å². The molecular weight excluding hydrogens is 665 g/mol. The van der Waals surface area contributed by atoms with Crippen molar-refractivity contribution in [2.24, 2.45) is 5.92 Å². The van der Waals surface area contributed by atoms with Crippen LogP contribution in [-0.2, 0) is 21.4 Å². The van der Waals surface area contributed by atoms with E-state index < -0.39 is 12.0 Å². The number of carboxylic acid groups (broad SMARTS) is 1. The van der Waals surface area contributed by atoms with Gasteiger partial charge in [-0.2, -0.15) is 0 Å². The summed E-state index contributed by atoms with van der Waals surface area (Å²) in [7, 11) is 0. The minimum Gasteiger partial charge on any atom is -0.494 e. The van der Waals surface area contributed by atoms with Gasteiger partial charge in [-0.1, -0.05) is 102 Å². The number of benzene rings is 3. The number of unbranched alkanes of at least 4 members (excludes halogenated alkanes) is 4. The van der Waals surface area contributed by atoms with Gasteiger partial charge in [-0.15, -0.1) is 0 Å². The summed E-state index contributed by atoms with van der Waals surface area (Å²) in [6.45, 7) is 10.3. The van der Waals surface area contributed by atoms with Gasteiger partial charge in [-0.25, -0.2) is 9.97 Å². The smallest absolute Gasteiger partial charge is 0.303 e. The van der Waals surface area contributed by atoms with Crippen molar-refractivity contribution in [3.05, 3.63) is 102 Å². The first kappa shape index (κ1) is 39.2. The number of hydrogen-bond donors (Lipinski definition) is 2. The topological polar surface area (TPSA) is 122 Å². The maximum Gasteiger partial charge on any atom is 0.303 e. The summed E-state index contributed by atoms with van der Waals surface area (Å²) in [5.41, 5.74) is 5.24. The third-order valence-electron chi connectivity index (χ3n) is 10.5. The van der Waals surface area contributed by atoms with Gasteiger partial charge in [-0.3, -0.25) is 14.4 Å². The zero-order valence-electron chi connectivity index (χ0n) is 31.6. The van der Waals surface area contributed by atoms with E-state index in [0.29, 0.717) is 30.9 Å². The van der Waals surface area contributed by atoms with Crippen molar-refractivity contribution in [3.8, 4) is 28.3 Å². The summed E-state index contributed by atoms with van der Waals surface area (Å²) < 4.78 is 5.91. The molecule has 1 aromatic heterocycles. The van der Waals surface area contributed by atoms with Gasteiger partial charge in [-0.05, 0) is 71.6 Å². The molecule has 0 saturated carbocycles. The average Bonchev–Trinajstić information content (AvgIpc) is 3.64. The normalized spacial score (nSPS) is 14.9. The summed E-state index contributed by atoms with van der Waals surface area (Å²) in [5.74, 6) is -0.0592. The van der Waals surface area contributed by atoms with Crippen LogP contribution in [0.1, 0.15) is 101 Å². The van der Waals surface area contributed by atoms with Crippen LogP contribution in [-0.4, -0.2) is 63.5 Å². The van der Waals surface area contributed by atoms with E-state index >= 15 is 0 Å².